The van der Waals surface area contributed by atoms with Crippen LogP contribution >= 0.6 is 0 Å². The number of fused-ring (bicyclic) bond motifs is 2. The van der Waals surface area contributed by atoms with Crippen molar-refractivity contribution >= 4 is 17.7 Å². The van der Waals surface area contributed by atoms with E-state index >= 15 is 0 Å². The lowest BCUT2D eigenvalue weighted by Gasteiger charge is -2.35. The zero-order chi connectivity index (χ0) is 39.7. The van der Waals surface area contributed by atoms with Crippen LogP contribution in [0, 0.1) is 45.8 Å². The molecular weight excluding hydrogens is 665 g/mol. The van der Waals surface area contributed by atoms with E-state index in [4.69, 9.17) is 0 Å². The number of amides is 3. The van der Waals surface area contributed by atoms with Gasteiger partial charge in [-0.3, -0.25) is 19.3 Å². The van der Waals surface area contributed by atoms with Crippen molar-refractivity contribution in [1.82, 2.24) is 9.80 Å². The minimum Gasteiger partial charge on any atom is -0.335 e. The Morgan fingerprint density at radius 2 is 1.33 bits per heavy atom. The zero-order valence-corrected chi connectivity index (χ0v) is 36.0. The average molecular weight is 737 g/mol. The van der Waals surface area contributed by atoms with Crippen molar-refractivity contribution < 1.29 is 14.4 Å². The maximum Gasteiger partial charge on any atom is 0.233 e. The Bertz CT molecular complexity index is 1700. The molecule has 5 rings (SSSR count). The Morgan fingerprint density at radius 3 is 1.94 bits per heavy atom. The van der Waals surface area contributed by atoms with E-state index in [9.17, 15) is 14.4 Å². The van der Waals surface area contributed by atoms with Gasteiger partial charge in [-0.15, -0.1) is 0 Å². The largest absolute Gasteiger partial charge is 0.335 e. The Labute approximate surface area is 328 Å². The molecule has 4 aliphatic rings. The van der Waals surface area contributed by atoms with E-state index < -0.39 is 0 Å². The molecule has 5 nitrogen and oxygen atoms in total. The van der Waals surface area contributed by atoms with Gasteiger partial charge in [0.1, 0.15) is 0 Å². The Balaban J connectivity index is 1.19. The highest BCUT2D eigenvalue weighted by atomic mass is 16.2. The fourth-order valence-electron chi connectivity index (χ4n) is 9.41. The third-order valence-corrected chi connectivity index (χ3v) is 14.8. The molecule has 1 aromatic rings. The normalized spacial score (nSPS) is 25.7. The first-order valence-electron chi connectivity index (χ1n) is 21.2. The van der Waals surface area contributed by atoms with Gasteiger partial charge in [0.25, 0.3) is 0 Å². The Morgan fingerprint density at radius 1 is 0.778 bits per heavy atom. The van der Waals surface area contributed by atoms with Crippen molar-refractivity contribution in [3.63, 3.8) is 0 Å². The lowest BCUT2D eigenvalue weighted by Crippen LogP contribution is -2.33. The van der Waals surface area contributed by atoms with E-state index in [-0.39, 0.29) is 64.3 Å². The summed E-state index contributed by atoms with van der Waals surface area (Å²) < 4.78 is 0. The maximum atomic E-state index is 14.1. The molecule has 0 bridgehead atoms. The molecule has 5 heteroatoms. The molecule has 0 aromatic heterocycles. The standard InChI is InChI=1S/C49H72N2O3/c1-13-47(7,8)34(5)18-16-26-49(11,12)38-21-23-40-35(6)50(45(53)42(40)28-38)30-36-19-14-20-37(27-36)31-51-44(52)41-24-22-39(29-43(41)46(51)54)48(9,10)25-15-17-33(4)32(2)3/h14,17-22,27,32,35,40-43H,13,15-16,23-26,28-31H2,1-12H3/b33-17+,34-18+. The summed E-state index contributed by atoms with van der Waals surface area (Å²) in [5.74, 6) is 0.609. The second-order valence-electron chi connectivity index (χ2n) is 19.7. The van der Waals surface area contributed by atoms with Gasteiger partial charge in [-0.25, -0.2) is 0 Å². The predicted molar refractivity (Wildman–Crippen MR) is 223 cm³/mol. The molecule has 1 aromatic carbocycles. The van der Waals surface area contributed by atoms with Crippen molar-refractivity contribution in [3.05, 3.63) is 82.0 Å². The van der Waals surface area contributed by atoms with Crippen LogP contribution in [0.4, 0.5) is 0 Å². The molecule has 2 fully saturated rings. The van der Waals surface area contributed by atoms with Crippen LogP contribution in [0.1, 0.15) is 152 Å². The lowest BCUT2D eigenvalue weighted by atomic mass is 9.69. The highest BCUT2D eigenvalue weighted by Crippen LogP contribution is 2.48. The Hall–Kier alpha value is -3.21. The minimum atomic E-state index is -0.267. The van der Waals surface area contributed by atoms with E-state index in [1.165, 1.54) is 27.2 Å². The highest BCUT2D eigenvalue weighted by molar-refractivity contribution is 6.05. The van der Waals surface area contributed by atoms with Crippen molar-refractivity contribution in [2.75, 3.05) is 0 Å². The lowest BCUT2D eigenvalue weighted by molar-refractivity contribution is -0.140. The number of allylic oxidation sites excluding steroid dienone is 8. The molecule has 2 aliphatic carbocycles. The van der Waals surface area contributed by atoms with Crippen LogP contribution in [0.15, 0.2) is 70.9 Å². The van der Waals surface area contributed by atoms with Gasteiger partial charge in [-0.2, -0.15) is 0 Å². The zero-order valence-electron chi connectivity index (χ0n) is 36.0. The van der Waals surface area contributed by atoms with Gasteiger partial charge in [-0.05, 0) is 118 Å². The summed E-state index contributed by atoms with van der Waals surface area (Å²) in [5, 5.41) is 0. The minimum absolute atomic E-state index is 0.0123. The maximum absolute atomic E-state index is 14.1. The average Bonchev–Trinajstić information content (AvgIpc) is 3.50. The molecule has 5 atom stereocenters. The van der Waals surface area contributed by atoms with E-state index in [2.05, 4.69) is 124 Å². The van der Waals surface area contributed by atoms with Gasteiger partial charge < -0.3 is 4.90 Å². The molecule has 0 radical (unpaired) electrons. The quantitative estimate of drug-likeness (QED) is 0.133. The van der Waals surface area contributed by atoms with Gasteiger partial charge in [0.2, 0.25) is 17.7 Å². The second-order valence-corrected chi connectivity index (χ2v) is 19.7. The summed E-state index contributed by atoms with van der Waals surface area (Å²) >= 11 is 0. The van der Waals surface area contributed by atoms with Crippen LogP contribution in [0.25, 0.3) is 0 Å². The summed E-state index contributed by atoms with van der Waals surface area (Å²) in [6.45, 7) is 28.2. The molecule has 3 amide bonds. The van der Waals surface area contributed by atoms with E-state index in [0.717, 1.165) is 56.1 Å². The van der Waals surface area contributed by atoms with Crippen LogP contribution < -0.4 is 0 Å². The van der Waals surface area contributed by atoms with Gasteiger partial charge in [0, 0.05) is 18.5 Å². The number of carbonyl (C=O) groups is 3. The molecular formula is C49H72N2O3. The molecule has 5 unspecified atom stereocenters. The number of imide groups is 1. The number of benzene rings is 1. The van der Waals surface area contributed by atoms with E-state index in [0.29, 0.717) is 31.2 Å². The topological polar surface area (TPSA) is 57.7 Å². The second kappa shape index (κ2) is 16.5. The summed E-state index contributed by atoms with van der Waals surface area (Å²) in [5.41, 5.74) is 7.94. The van der Waals surface area contributed by atoms with Crippen LogP contribution in [0.5, 0.6) is 0 Å². The van der Waals surface area contributed by atoms with E-state index in [1.807, 2.05) is 12.1 Å². The summed E-state index contributed by atoms with van der Waals surface area (Å²) in [6.07, 6.45) is 18.0. The number of hydrogen-bond acceptors (Lipinski definition) is 3. The first-order valence-corrected chi connectivity index (χ1v) is 21.2. The first kappa shape index (κ1) is 41.9. The smallest absolute Gasteiger partial charge is 0.233 e. The number of nitrogens with zero attached hydrogens (tertiary/aromatic N) is 2. The number of likely N-dealkylation sites (tertiary alicyclic amines) is 2. The van der Waals surface area contributed by atoms with Crippen LogP contribution in [-0.4, -0.2) is 33.6 Å². The Kier molecular flexibility index (Phi) is 12.8. The monoisotopic (exact) mass is 737 g/mol. The molecule has 296 valence electrons. The third kappa shape index (κ3) is 8.92. The molecule has 0 spiro atoms. The van der Waals surface area contributed by atoms with Gasteiger partial charge >= 0.3 is 0 Å². The van der Waals surface area contributed by atoms with Gasteiger partial charge in [-0.1, -0.05) is 133 Å². The fraction of sp³-hybridized carbons (Fsp3) is 0.653. The number of rotatable bonds is 15. The molecule has 54 heavy (non-hydrogen) atoms. The van der Waals surface area contributed by atoms with Crippen LogP contribution in [-0.2, 0) is 27.5 Å². The van der Waals surface area contributed by atoms with Gasteiger partial charge in [0.05, 0.1) is 18.4 Å². The van der Waals surface area contributed by atoms with Crippen LogP contribution in [0.2, 0.25) is 0 Å². The molecule has 2 saturated heterocycles. The van der Waals surface area contributed by atoms with Crippen molar-refractivity contribution in [2.24, 2.45) is 45.8 Å². The van der Waals surface area contributed by atoms with Crippen LogP contribution in [0.3, 0.4) is 0 Å². The summed E-state index contributed by atoms with van der Waals surface area (Å²) in [4.78, 5) is 45.2. The predicted octanol–water partition coefficient (Wildman–Crippen LogP) is 11.8. The van der Waals surface area contributed by atoms with Gasteiger partial charge in [0.15, 0.2) is 0 Å². The molecule has 0 saturated carbocycles. The summed E-state index contributed by atoms with van der Waals surface area (Å²) in [6, 6.07) is 8.38. The van der Waals surface area contributed by atoms with Crippen molar-refractivity contribution in [1.29, 1.82) is 0 Å². The van der Waals surface area contributed by atoms with E-state index in [1.54, 1.807) is 0 Å². The summed E-state index contributed by atoms with van der Waals surface area (Å²) in [7, 11) is 0. The fourth-order valence-corrected chi connectivity index (χ4v) is 9.41. The first-order chi connectivity index (χ1) is 25.3. The number of hydrogen-bond donors (Lipinski definition) is 0. The van der Waals surface area contributed by atoms with Crippen molar-refractivity contribution in [2.45, 2.75) is 160 Å². The SMILES string of the molecule is CCC(C)(C)/C(C)=C/CCC(C)(C)C1=CCC2C(C1)C(=O)N(Cc1cccc(CN3C(=O)C4CC=C(C(C)(C)CC/C=C(\C)C(C)C)CC4C3=O)c1)C2C. The molecule has 2 aliphatic heterocycles. The molecule has 2 heterocycles. The number of carbonyl (C=O) groups excluding carboxylic acids is 3. The highest BCUT2D eigenvalue weighted by Gasteiger charge is 2.50. The third-order valence-electron chi connectivity index (χ3n) is 14.8. The molecule has 0 N–H and O–H groups in total. The van der Waals surface area contributed by atoms with Crippen molar-refractivity contribution in [3.8, 4) is 0 Å².